The molecule has 8 rings (SSSR count). The van der Waals surface area contributed by atoms with Crippen LogP contribution in [0.15, 0.2) is 30.5 Å². The molecule has 2 saturated heterocycles. The van der Waals surface area contributed by atoms with Gasteiger partial charge >= 0.3 is 12.1 Å². The summed E-state index contributed by atoms with van der Waals surface area (Å²) in [4.78, 5) is 30.3. The standard InChI is InChI=1S/C33H35F3N6O4/c1-33-13-19(34)15-42(17-33)30-24-14-37-28(27(36)29(24)38-31(39-30)46-16-20-5-3-9-41(20)2)23-12-21(43)11-18-7-8-25(35)22(26(18)23)6-4-10-45-32(44)40-33/h7-8,11-12,14,19-20,43H,3-6,9-10,13,15-17H2,1-2H3,(H,40,44). The number of phenolic OH excluding ortho intramolecular Hbond substituents is 1. The Balaban J connectivity index is 1.45. The molecule has 2 N–H and O–H groups in total. The fraction of sp³-hybridized carbons (Fsp3) is 0.455. The van der Waals surface area contributed by atoms with Gasteiger partial charge in [0, 0.05) is 30.8 Å². The summed E-state index contributed by atoms with van der Waals surface area (Å²) in [7, 11) is 2.01. The summed E-state index contributed by atoms with van der Waals surface area (Å²) in [5, 5.41) is 14.5. The molecule has 0 spiro atoms. The molecule has 4 aromatic rings. The van der Waals surface area contributed by atoms with Crippen LogP contribution in [0, 0.1) is 11.6 Å². The maximum Gasteiger partial charge on any atom is 0.407 e. The molecule has 4 aliphatic heterocycles. The number of ether oxygens (including phenoxy) is 2. The molecule has 1 amide bonds. The van der Waals surface area contributed by atoms with Crippen LogP contribution in [0.25, 0.3) is 32.9 Å². The largest absolute Gasteiger partial charge is 0.508 e. The normalized spacial score (nSPS) is 23.9. The Morgan fingerprint density at radius 1 is 1.22 bits per heavy atom. The lowest BCUT2D eigenvalue weighted by Gasteiger charge is -2.42. The Labute approximate surface area is 263 Å². The number of carbonyl (C=O) groups excluding carboxylic acids is 1. The van der Waals surface area contributed by atoms with Crippen molar-refractivity contribution in [2.75, 3.05) is 44.8 Å². The average molecular weight is 637 g/mol. The summed E-state index contributed by atoms with van der Waals surface area (Å²) in [6.07, 6.45) is 1.73. The number of aromatic hydroxyl groups is 1. The summed E-state index contributed by atoms with van der Waals surface area (Å²) < 4.78 is 59.1. The summed E-state index contributed by atoms with van der Waals surface area (Å²) in [5.41, 5.74) is -0.861. The number of aromatic nitrogens is 3. The third-order valence-electron chi connectivity index (χ3n) is 9.27. The van der Waals surface area contributed by atoms with Crippen molar-refractivity contribution in [3.63, 3.8) is 0 Å². The van der Waals surface area contributed by atoms with Crippen molar-refractivity contribution in [2.24, 2.45) is 0 Å². The van der Waals surface area contributed by atoms with Gasteiger partial charge in [0.25, 0.3) is 0 Å². The smallest absolute Gasteiger partial charge is 0.407 e. The number of amides is 1. The molecule has 6 heterocycles. The SMILES string of the molecule is CN1CCCC1COc1nc2c3cnc(c(F)c3n1)-c1cc(O)cc3ccc(F)c(c13)CCCOC(=O)NC1(C)CC(F)CN2C1. The van der Waals surface area contributed by atoms with Gasteiger partial charge in [0.2, 0.25) is 0 Å². The molecule has 46 heavy (non-hydrogen) atoms. The number of nitrogens with zero attached hydrogens (tertiary/aromatic N) is 5. The number of hydrogen-bond acceptors (Lipinski definition) is 9. The highest BCUT2D eigenvalue weighted by Gasteiger charge is 2.40. The molecule has 6 bridgehead atoms. The van der Waals surface area contributed by atoms with E-state index in [1.54, 1.807) is 11.8 Å². The van der Waals surface area contributed by atoms with Gasteiger partial charge in [-0.25, -0.2) is 18.0 Å². The van der Waals surface area contributed by atoms with Gasteiger partial charge < -0.3 is 29.7 Å². The Morgan fingerprint density at radius 3 is 2.87 bits per heavy atom. The van der Waals surface area contributed by atoms with Crippen LogP contribution in [-0.2, 0) is 11.2 Å². The second kappa shape index (κ2) is 11.8. The van der Waals surface area contributed by atoms with E-state index < -0.39 is 29.4 Å². The van der Waals surface area contributed by atoms with Crippen LogP contribution in [0.5, 0.6) is 11.8 Å². The number of aryl methyl sites for hydroxylation is 1. The molecule has 3 atom stereocenters. The lowest BCUT2D eigenvalue weighted by molar-refractivity contribution is 0.120. The second-order valence-electron chi connectivity index (χ2n) is 12.8. The zero-order chi connectivity index (χ0) is 32.2. The number of alkyl carbamates (subject to hydrolysis) is 1. The Bertz CT molecular complexity index is 1840. The van der Waals surface area contributed by atoms with Crippen LogP contribution in [0.4, 0.5) is 23.8 Å². The Kier molecular flexibility index (Phi) is 7.74. The molecule has 2 aromatic carbocycles. The van der Waals surface area contributed by atoms with Crippen LogP contribution >= 0.6 is 0 Å². The van der Waals surface area contributed by atoms with E-state index in [1.807, 2.05) is 7.05 Å². The van der Waals surface area contributed by atoms with Crippen LogP contribution in [0.2, 0.25) is 0 Å². The zero-order valence-corrected chi connectivity index (χ0v) is 25.7. The quantitative estimate of drug-likeness (QED) is 0.310. The van der Waals surface area contributed by atoms with E-state index in [1.165, 1.54) is 30.5 Å². The first-order valence-electron chi connectivity index (χ1n) is 15.6. The van der Waals surface area contributed by atoms with Crippen LogP contribution in [0.3, 0.4) is 0 Å². The van der Waals surface area contributed by atoms with Crippen LogP contribution in [0.1, 0.15) is 38.2 Å². The van der Waals surface area contributed by atoms with E-state index >= 15 is 13.2 Å². The molecule has 0 radical (unpaired) electrons. The van der Waals surface area contributed by atoms with Gasteiger partial charge in [-0.1, -0.05) is 6.07 Å². The number of fused-ring (bicyclic) bond motifs is 6. The van der Waals surface area contributed by atoms with Gasteiger partial charge in [-0.05, 0) is 80.7 Å². The number of rotatable bonds is 3. The topological polar surface area (TPSA) is 113 Å². The number of phenols is 1. The first-order valence-corrected chi connectivity index (χ1v) is 15.6. The summed E-state index contributed by atoms with van der Waals surface area (Å²) in [6, 6.07) is 5.66. The maximum atomic E-state index is 16.8. The number of likely N-dealkylation sites (tertiary alicyclic amines) is 1. The van der Waals surface area contributed by atoms with Gasteiger partial charge in [0.05, 0.1) is 24.1 Å². The predicted octanol–water partition coefficient (Wildman–Crippen LogP) is 5.28. The molecule has 3 unspecified atom stereocenters. The van der Waals surface area contributed by atoms with E-state index in [9.17, 15) is 9.90 Å². The molecular formula is C33H35F3N6O4. The third-order valence-corrected chi connectivity index (χ3v) is 9.27. The zero-order valence-electron chi connectivity index (χ0n) is 25.7. The number of hydrogen-bond donors (Lipinski definition) is 2. The minimum atomic E-state index is -1.35. The fourth-order valence-electron chi connectivity index (χ4n) is 7.10. The first-order chi connectivity index (χ1) is 22.1. The number of carbonyl (C=O) groups is 1. The Morgan fingerprint density at radius 2 is 2.07 bits per heavy atom. The second-order valence-corrected chi connectivity index (χ2v) is 12.8. The number of alkyl halides is 1. The van der Waals surface area contributed by atoms with Crippen LogP contribution < -0.4 is 15.0 Å². The predicted molar refractivity (Wildman–Crippen MR) is 166 cm³/mol. The Hall–Kier alpha value is -4.39. The molecule has 2 aromatic heterocycles. The highest BCUT2D eigenvalue weighted by Crippen LogP contribution is 2.40. The number of pyridine rings is 1. The van der Waals surface area contributed by atoms with Crippen molar-refractivity contribution >= 4 is 33.6 Å². The maximum absolute atomic E-state index is 16.8. The van der Waals surface area contributed by atoms with Crippen molar-refractivity contribution < 1.29 is 32.5 Å². The molecule has 4 aliphatic rings. The number of nitrogens with one attached hydrogen (secondary N) is 1. The van der Waals surface area contributed by atoms with E-state index in [-0.39, 0.29) is 96.9 Å². The van der Waals surface area contributed by atoms with E-state index in [0.29, 0.717) is 10.8 Å². The third kappa shape index (κ3) is 5.61. The van der Waals surface area contributed by atoms with Gasteiger partial charge in [-0.15, -0.1) is 0 Å². The summed E-state index contributed by atoms with van der Waals surface area (Å²) in [5.74, 6) is -1.29. The molecule has 10 nitrogen and oxygen atoms in total. The van der Waals surface area contributed by atoms with Gasteiger partial charge in [0.15, 0.2) is 5.82 Å². The van der Waals surface area contributed by atoms with Gasteiger partial charge in [0.1, 0.15) is 41.4 Å². The van der Waals surface area contributed by atoms with Crippen LogP contribution in [-0.4, -0.2) is 88.7 Å². The molecule has 0 saturated carbocycles. The number of benzene rings is 2. The lowest BCUT2D eigenvalue weighted by atomic mass is 9.90. The summed E-state index contributed by atoms with van der Waals surface area (Å²) >= 11 is 0. The van der Waals surface area contributed by atoms with Crippen molar-refractivity contribution in [2.45, 2.75) is 56.8 Å². The summed E-state index contributed by atoms with van der Waals surface area (Å²) in [6.45, 7) is 2.98. The van der Waals surface area contributed by atoms with E-state index in [0.717, 1.165) is 19.4 Å². The monoisotopic (exact) mass is 636 g/mol. The van der Waals surface area contributed by atoms with Gasteiger partial charge in [-0.2, -0.15) is 9.97 Å². The molecule has 0 aliphatic carbocycles. The van der Waals surface area contributed by atoms with E-state index in [4.69, 9.17) is 9.47 Å². The van der Waals surface area contributed by atoms with Crippen molar-refractivity contribution in [3.05, 3.63) is 47.7 Å². The minimum Gasteiger partial charge on any atom is -0.508 e. The van der Waals surface area contributed by atoms with Crippen molar-refractivity contribution in [3.8, 4) is 23.0 Å². The lowest BCUT2D eigenvalue weighted by Crippen LogP contribution is -2.60. The average Bonchev–Trinajstić information content (AvgIpc) is 3.42. The fourth-order valence-corrected chi connectivity index (χ4v) is 7.10. The van der Waals surface area contributed by atoms with Crippen molar-refractivity contribution in [1.29, 1.82) is 0 Å². The van der Waals surface area contributed by atoms with E-state index in [2.05, 4.69) is 25.2 Å². The minimum absolute atomic E-state index is 0.0295. The molecule has 2 fully saturated rings. The molecule has 242 valence electrons. The first kappa shape index (κ1) is 30.3. The van der Waals surface area contributed by atoms with Gasteiger partial charge in [-0.3, -0.25) is 4.98 Å². The number of halogens is 3. The highest BCUT2D eigenvalue weighted by molar-refractivity contribution is 6.01. The highest BCUT2D eigenvalue weighted by atomic mass is 19.1. The molecule has 13 heteroatoms. The molecular weight excluding hydrogens is 601 g/mol. The van der Waals surface area contributed by atoms with Crippen molar-refractivity contribution in [1.82, 2.24) is 25.2 Å². The number of likely N-dealkylation sites (N-methyl/N-ethyl adjacent to an activating group) is 1. The number of anilines is 1. The number of piperidine rings is 1.